The highest BCUT2D eigenvalue weighted by Gasteiger charge is 2.10. The lowest BCUT2D eigenvalue weighted by molar-refractivity contribution is -0.137. The third-order valence-electron chi connectivity index (χ3n) is 3.96. The third-order valence-corrected chi connectivity index (χ3v) is 3.96. The van der Waals surface area contributed by atoms with Crippen molar-refractivity contribution in [3.63, 3.8) is 0 Å². The molecule has 0 fully saturated rings. The second-order valence-electron chi connectivity index (χ2n) is 6.11. The molecule has 1 atom stereocenters. The molecule has 0 aliphatic carbocycles. The van der Waals surface area contributed by atoms with Gasteiger partial charge in [0.2, 0.25) is 0 Å². The molecule has 0 rings (SSSR count). The van der Waals surface area contributed by atoms with E-state index in [4.69, 9.17) is 4.74 Å². The smallest absolute Gasteiger partial charge is 0.331 e. The quantitative estimate of drug-likeness (QED) is 0.343. The van der Waals surface area contributed by atoms with Gasteiger partial charge < -0.3 is 4.74 Å². The average molecular weight is 280 g/mol. The van der Waals surface area contributed by atoms with Crippen LogP contribution < -0.4 is 0 Å². The lowest BCUT2D eigenvalue weighted by atomic mass is 9.89. The number of allylic oxidation sites excluding steroid dienone is 3. The molecule has 2 heteroatoms. The Morgan fingerprint density at radius 2 is 1.70 bits per heavy atom. The van der Waals surface area contributed by atoms with Crippen LogP contribution in [0.25, 0.3) is 0 Å². The van der Waals surface area contributed by atoms with Crippen molar-refractivity contribution in [3.05, 3.63) is 22.8 Å². The van der Waals surface area contributed by atoms with Crippen LogP contribution in [0.5, 0.6) is 0 Å². The van der Waals surface area contributed by atoms with E-state index in [1.54, 1.807) is 6.08 Å². The number of hydrogen-bond donors (Lipinski definition) is 0. The van der Waals surface area contributed by atoms with E-state index in [9.17, 15) is 4.79 Å². The third kappa shape index (κ3) is 7.52. The van der Waals surface area contributed by atoms with Crippen molar-refractivity contribution >= 4 is 5.97 Å². The summed E-state index contributed by atoms with van der Waals surface area (Å²) in [5.74, 6) is 1.10. The zero-order valence-electron chi connectivity index (χ0n) is 14.4. The van der Waals surface area contributed by atoms with Crippen LogP contribution >= 0.6 is 0 Å². The first-order valence-corrected chi connectivity index (χ1v) is 7.82. The molecule has 0 spiro atoms. The number of rotatable bonds is 8. The SMILES string of the molecule is CCOC(=O)C=C(C)C(C)=C(C)C(C)CCCC(C)C. The topological polar surface area (TPSA) is 26.3 Å². The van der Waals surface area contributed by atoms with E-state index in [0.717, 1.165) is 11.5 Å². The Labute approximate surface area is 125 Å². The predicted molar refractivity (Wildman–Crippen MR) is 86.6 cm³/mol. The maximum absolute atomic E-state index is 11.5. The van der Waals surface area contributed by atoms with E-state index in [0.29, 0.717) is 12.5 Å². The van der Waals surface area contributed by atoms with Crippen molar-refractivity contribution in [3.8, 4) is 0 Å². The van der Waals surface area contributed by atoms with Gasteiger partial charge in [-0.25, -0.2) is 4.79 Å². The van der Waals surface area contributed by atoms with E-state index in [1.165, 1.54) is 30.4 Å². The number of carbonyl (C=O) groups is 1. The summed E-state index contributed by atoms with van der Waals surface area (Å²) in [6, 6.07) is 0. The summed E-state index contributed by atoms with van der Waals surface area (Å²) >= 11 is 0. The normalized spacial score (nSPS) is 15.1. The number of esters is 1. The second-order valence-corrected chi connectivity index (χ2v) is 6.11. The van der Waals surface area contributed by atoms with Gasteiger partial charge in [0.1, 0.15) is 0 Å². The van der Waals surface area contributed by atoms with Crippen LogP contribution in [-0.2, 0) is 9.53 Å². The van der Waals surface area contributed by atoms with Crippen molar-refractivity contribution < 1.29 is 9.53 Å². The Bertz CT molecular complexity index is 362. The number of carbonyl (C=O) groups excluding carboxylic acids is 1. The van der Waals surface area contributed by atoms with Crippen LogP contribution in [0.4, 0.5) is 0 Å². The van der Waals surface area contributed by atoms with Crippen LogP contribution in [0.1, 0.15) is 67.7 Å². The van der Waals surface area contributed by atoms with Gasteiger partial charge in [-0.3, -0.25) is 0 Å². The maximum Gasteiger partial charge on any atom is 0.331 e. The summed E-state index contributed by atoms with van der Waals surface area (Å²) < 4.78 is 4.96. The molecule has 116 valence electrons. The van der Waals surface area contributed by atoms with E-state index in [1.807, 2.05) is 13.8 Å². The first-order valence-electron chi connectivity index (χ1n) is 7.82. The predicted octanol–water partition coefficient (Wildman–Crippen LogP) is 5.29. The molecule has 0 bridgehead atoms. The zero-order valence-corrected chi connectivity index (χ0v) is 14.4. The Morgan fingerprint density at radius 3 is 2.20 bits per heavy atom. The van der Waals surface area contributed by atoms with Gasteiger partial charge in [-0.2, -0.15) is 0 Å². The zero-order chi connectivity index (χ0) is 15.7. The van der Waals surface area contributed by atoms with Crippen LogP contribution in [-0.4, -0.2) is 12.6 Å². The molecule has 0 aromatic heterocycles. The Morgan fingerprint density at radius 1 is 1.10 bits per heavy atom. The average Bonchev–Trinajstić information content (AvgIpc) is 2.36. The van der Waals surface area contributed by atoms with Crippen molar-refractivity contribution in [1.82, 2.24) is 0 Å². The molecule has 20 heavy (non-hydrogen) atoms. The summed E-state index contributed by atoms with van der Waals surface area (Å²) in [6.45, 7) is 15.3. The molecular weight excluding hydrogens is 248 g/mol. The molecule has 0 radical (unpaired) electrons. The van der Waals surface area contributed by atoms with Crippen LogP contribution in [0, 0.1) is 11.8 Å². The summed E-state index contributed by atoms with van der Waals surface area (Å²) in [6.07, 6.45) is 5.37. The van der Waals surface area contributed by atoms with Gasteiger partial charge in [-0.1, -0.05) is 39.2 Å². The largest absolute Gasteiger partial charge is 0.463 e. The molecule has 0 amide bonds. The fourth-order valence-corrected chi connectivity index (χ4v) is 2.20. The van der Waals surface area contributed by atoms with Crippen molar-refractivity contribution in [2.24, 2.45) is 11.8 Å². The van der Waals surface area contributed by atoms with Crippen molar-refractivity contribution in [2.45, 2.75) is 67.7 Å². The second kappa shape index (κ2) is 9.79. The van der Waals surface area contributed by atoms with E-state index < -0.39 is 0 Å². The summed E-state index contributed by atoms with van der Waals surface area (Å²) in [5, 5.41) is 0. The van der Waals surface area contributed by atoms with Crippen molar-refractivity contribution in [2.75, 3.05) is 6.61 Å². The lowest BCUT2D eigenvalue weighted by Gasteiger charge is -2.17. The minimum absolute atomic E-state index is 0.246. The molecular formula is C18H32O2. The summed E-state index contributed by atoms with van der Waals surface area (Å²) in [4.78, 5) is 11.5. The van der Waals surface area contributed by atoms with Gasteiger partial charge in [0.25, 0.3) is 0 Å². The molecule has 0 N–H and O–H groups in total. The first kappa shape index (κ1) is 18.9. The van der Waals surface area contributed by atoms with Gasteiger partial charge in [0.15, 0.2) is 0 Å². The monoisotopic (exact) mass is 280 g/mol. The molecule has 0 aliphatic heterocycles. The molecule has 0 aromatic rings. The highest BCUT2D eigenvalue weighted by atomic mass is 16.5. The minimum Gasteiger partial charge on any atom is -0.463 e. The van der Waals surface area contributed by atoms with Gasteiger partial charge in [-0.15, -0.1) is 0 Å². The minimum atomic E-state index is -0.246. The lowest BCUT2D eigenvalue weighted by Crippen LogP contribution is -2.04. The number of ether oxygens (including phenoxy) is 1. The molecule has 0 saturated carbocycles. The van der Waals surface area contributed by atoms with Crippen LogP contribution in [0.15, 0.2) is 22.8 Å². The highest BCUT2D eigenvalue weighted by Crippen LogP contribution is 2.25. The fraction of sp³-hybridized carbons (Fsp3) is 0.722. The van der Waals surface area contributed by atoms with E-state index in [-0.39, 0.29) is 5.97 Å². The Balaban J connectivity index is 4.66. The number of hydrogen-bond acceptors (Lipinski definition) is 2. The highest BCUT2D eigenvalue weighted by molar-refractivity contribution is 5.83. The molecule has 1 unspecified atom stereocenters. The van der Waals surface area contributed by atoms with Gasteiger partial charge >= 0.3 is 5.97 Å². The standard InChI is InChI=1S/C18H32O2/c1-8-20-18(19)12-15(5)17(7)16(6)14(4)11-9-10-13(2)3/h12-14H,8-11H2,1-7H3. The van der Waals surface area contributed by atoms with E-state index >= 15 is 0 Å². The molecule has 0 heterocycles. The van der Waals surface area contributed by atoms with Gasteiger partial charge in [0, 0.05) is 6.08 Å². The molecule has 0 saturated heterocycles. The van der Waals surface area contributed by atoms with E-state index in [2.05, 4.69) is 34.6 Å². The van der Waals surface area contributed by atoms with Crippen molar-refractivity contribution in [1.29, 1.82) is 0 Å². The van der Waals surface area contributed by atoms with Gasteiger partial charge in [-0.05, 0) is 57.1 Å². The Hall–Kier alpha value is -1.05. The fourth-order valence-electron chi connectivity index (χ4n) is 2.20. The molecule has 0 aliphatic rings. The summed E-state index contributed by atoms with van der Waals surface area (Å²) in [7, 11) is 0. The molecule has 0 aromatic carbocycles. The van der Waals surface area contributed by atoms with Gasteiger partial charge in [0.05, 0.1) is 6.61 Å². The summed E-state index contributed by atoms with van der Waals surface area (Å²) in [5.41, 5.74) is 3.61. The molecule has 2 nitrogen and oxygen atoms in total. The van der Waals surface area contributed by atoms with Crippen LogP contribution in [0.3, 0.4) is 0 Å². The first-order chi connectivity index (χ1) is 9.29. The van der Waals surface area contributed by atoms with Crippen LogP contribution in [0.2, 0.25) is 0 Å². The Kier molecular flexibility index (Phi) is 9.28. The maximum atomic E-state index is 11.5.